The first-order chi connectivity index (χ1) is 13.6. The van der Waals surface area contributed by atoms with Crippen molar-refractivity contribution in [1.82, 2.24) is 4.90 Å². The fourth-order valence-electron chi connectivity index (χ4n) is 4.36. The number of amides is 1. The molecular weight excluding hydrogens is 354 g/mol. The molecule has 2 aliphatic rings. The first kappa shape index (κ1) is 19.0. The van der Waals surface area contributed by atoms with Crippen molar-refractivity contribution in [2.75, 3.05) is 26.8 Å². The highest BCUT2D eigenvalue weighted by Crippen LogP contribution is 2.42. The molecule has 2 heterocycles. The summed E-state index contributed by atoms with van der Waals surface area (Å²) < 4.78 is 11.6. The van der Waals surface area contributed by atoms with Crippen LogP contribution in [0.15, 0.2) is 42.5 Å². The lowest BCUT2D eigenvalue weighted by Gasteiger charge is -2.45. The lowest BCUT2D eigenvalue weighted by Crippen LogP contribution is -2.48. The van der Waals surface area contributed by atoms with E-state index in [1.165, 1.54) is 11.1 Å². The first-order valence-corrected chi connectivity index (χ1v) is 9.91. The average molecular weight is 381 g/mol. The van der Waals surface area contributed by atoms with Crippen molar-refractivity contribution in [3.05, 3.63) is 64.7 Å². The molecule has 1 saturated heterocycles. The number of methoxy groups -OCH3 is 1. The van der Waals surface area contributed by atoms with E-state index < -0.39 is 0 Å². The second kappa shape index (κ2) is 7.94. The van der Waals surface area contributed by atoms with Crippen molar-refractivity contribution in [3.63, 3.8) is 0 Å². The molecule has 4 rings (SSSR count). The Morgan fingerprint density at radius 2 is 1.86 bits per heavy atom. The number of benzene rings is 2. The second-order valence-corrected chi connectivity index (χ2v) is 7.65. The van der Waals surface area contributed by atoms with Crippen LogP contribution in [0, 0.1) is 0 Å². The summed E-state index contributed by atoms with van der Waals surface area (Å²) in [5, 5.41) is 9.14. The van der Waals surface area contributed by atoms with Gasteiger partial charge in [-0.2, -0.15) is 0 Å². The van der Waals surface area contributed by atoms with Gasteiger partial charge in [0.2, 0.25) is 5.91 Å². The lowest BCUT2D eigenvalue weighted by molar-refractivity contribution is -0.140. The minimum absolute atomic E-state index is 0.0236. The first-order valence-electron chi connectivity index (χ1n) is 9.91. The Morgan fingerprint density at radius 3 is 2.54 bits per heavy atom. The highest BCUT2D eigenvalue weighted by molar-refractivity contribution is 5.79. The molecule has 1 spiro atoms. The van der Waals surface area contributed by atoms with E-state index in [9.17, 15) is 4.79 Å². The number of hydrogen-bond acceptors (Lipinski definition) is 4. The lowest BCUT2D eigenvalue weighted by atomic mass is 9.79. The molecule has 28 heavy (non-hydrogen) atoms. The monoisotopic (exact) mass is 381 g/mol. The van der Waals surface area contributed by atoms with E-state index in [1.807, 2.05) is 35.2 Å². The maximum Gasteiger partial charge on any atom is 0.226 e. The van der Waals surface area contributed by atoms with E-state index in [1.54, 1.807) is 7.11 Å². The number of aliphatic hydroxyl groups is 1. The standard InChI is InChI=1S/C23H27NO4/c1-27-20-6-7-21-19(15-20)8-13-28-23(21)9-11-24(12-10-23)22(26)14-17-2-4-18(16-25)5-3-17/h2-7,15,25H,8-14,16H2,1H3. The number of ether oxygens (including phenoxy) is 2. The molecule has 5 heteroatoms. The molecule has 0 unspecified atom stereocenters. The third-order valence-corrected chi connectivity index (χ3v) is 6.04. The zero-order valence-corrected chi connectivity index (χ0v) is 16.3. The predicted octanol–water partition coefficient (Wildman–Crippen LogP) is 2.82. The summed E-state index contributed by atoms with van der Waals surface area (Å²) in [4.78, 5) is 14.7. The SMILES string of the molecule is COc1ccc2c(c1)CCOC21CCN(C(=O)Cc2ccc(CO)cc2)CC1. The maximum atomic E-state index is 12.7. The van der Waals surface area contributed by atoms with Crippen LogP contribution >= 0.6 is 0 Å². The van der Waals surface area contributed by atoms with Gasteiger partial charge in [0.05, 0.1) is 32.3 Å². The molecule has 2 aromatic rings. The van der Waals surface area contributed by atoms with Gasteiger partial charge in [-0.15, -0.1) is 0 Å². The zero-order chi connectivity index (χ0) is 19.6. The summed E-state index contributed by atoms with van der Waals surface area (Å²) in [6.07, 6.45) is 2.94. The smallest absolute Gasteiger partial charge is 0.226 e. The van der Waals surface area contributed by atoms with E-state index in [0.717, 1.165) is 36.1 Å². The minimum atomic E-state index is -0.278. The topological polar surface area (TPSA) is 59.0 Å². The summed E-state index contributed by atoms with van der Waals surface area (Å²) in [5.74, 6) is 1.04. The Bertz CT molecular complexity index is 838. The van der Waals surface area contributed by atoms with Gasteiger partial charge in [0.1, 0.15) is 5.75 Å². The largest absolute Gasteiger partial charge is 0.497 e. The predicted molar refractivity (Wildman–Crippen MR) is 106 cm³/mol. The van der Waals surface area contributed by atoms with E-state index in [2.05, 4.69) is 12.1 Å². The minimum Gasteiger partial charge on any atom is -0.497 e. The molecule has 0 bridgehead atoms. The van der Waals surface area contributed by atoms with Gasteiger partial charge in [-0.25, -0.2) is 0 Å². The third kappa shape index (κ3) is 3.64. The molecule has 2 aliphatic heterocycles. The molecule has 0 saturated carbocycles. The van der Waals surface area contributed by atoms with Crippen molar-refractivity contribution in [2.45, 2.75) is 37.9 Å². The van der Waals surface area contributed by atoms with Crippen molar-refractivity contribution in [3.8, 4) is 5.75 Å². The van der Waals surface area contributed by atoms with Gasteiger partial charge in [0.25, 0.3) is 0 Å². The van der Waals surface area contributed by atoms with E-state index in [0.29, 0.717) is 26.1 Å². The van der Waals surface area contributed by atoms with Crippen LogP contribution in [0.4, 0.5) is 0 Å². The summed E-state index contributed by atoms with van der Waals surface area (Å²) in [6, 6.07) is 13.8. The van der Waals surface area contributed by atoms with Gasteiger partial charge in [0, 0.05) is 13.1 Å². The van der Waals surface area contributed by atoms with Crippen LogP contribution in [-0.2, 0) is 34.6 Å². The number of fused-ring (bicyclic) bond motifs is 2. The Morgan fingerprint density at radius 1 is 1.14 bits per heavy atom. The summed E-state index contributed by atoms with van der Waals surface area (Å²) in [7, 11) is 1.69. The fourth-order valence-corrected chi connectivity index (χ4v) is 4.36. The highest BCUT2D eigenvalue weighted by atomic mass is 16.5. The van der Waals surface area contributed by atoms with E-state index in [4.69, 9.17) is 14.6 Å². The number of carbonyl (C=O) groups excluding carboxylic acids is 1. The molecule has 5 nitrogen and oxygen atoms in total. The van der Waals surface area contributed by atoms with Crippen molar-refractivity contribution in [2.24, 2.45) is 0 Å². The molecule has 0 atom stereocenters. The van der Waals surface area contributed by atoms with Crippen molar-refractivity contribution < 1.29 is 19.4 Å². The van der Waals surface area contributed by atoms with Crippen molar-refractivity contribution >= 4 is 5.91 Å². The van der Waals surface area contributed by atoms with Gasteiger partial charge >= 0.3 is 0 Å². The Hall–Kier alpha value is -2.37. The second-order valence-electron chi connectivity index (χ2n) is 7.65. The van der Waals surface area contributed by atoms with E-state index in [-0.39, 0.29) is 18.1 Å². The number of aliphatic hydroxyl groups excluding tert-OH is 1. The molecule has 0 aliphatic carbocycles. The van der Waals surface area contributed by atoms with E-state index >= 15 is 0 Å². The van der Waals surface area contributed by atoms with Crippen LogP contribution in [0.1, 0.15) is 35.1 Å². The fraction of sp³-hybridized carbons (Fsp3) is 0.435. The Labute approximate surface area is 165 Å². The molecule has 0 aromatic heterocycles. The van der Waals surface area contributed by atoms with Gasteiger partial charge in [-0.05, 0) is 53.6 Å². The normalized spacial score (nSPS) is 18.0. The Balaban J connectivity index is 1.42. The zero-order valence-electron chi connectivity index (χ0n) is 16.3. The molecule has 2 aromatic carbocycles. The van der Waals surface area contributed by atoms with Crippen LogP contribution in [-0.4, -0.2) is 42.7 Å². The van der Waals surface area contributed by atoms with Gasteiger partial charge in [0.15, 0.2) is 0 Å². The molecule has 0 radical (unpaired) electrons. The quantitative estimate of drug-likeness (QED) is 0.885. The third-order valence-electron chi connectivity index (χ3n) is 6.04. The number of nitrogens with zero attached hydrogens (tertiary/aromatic N) is 1. The van der Waals surface area contributed by atoms with Crippen LogP contribution < -0.4 is 4.74 Å². The summed E-state index contributed by atoms with van der Waals surface area (Å²) in [6.45, 7) is 2.15. The molecule has 1 N–H and O–H groups in total. The number of likely N-dealkylation sites (tertiary alicyclic amines) is 1. The number of carbonyl (C=O) groups is 1. The van der Waals surface area contributed by atoms with Crippen LogP contribution in [0.3, 0.4) is 0 Å². The number of hydrogen-bond donors (Lipinski definition) is 1. The number of rotatable bonds is 4. The van der Waals surface area contributed by atoms with Crippen LogP contribution in [0.5, 0.6) is 5.75 Å². The number of piperidine rings is 1. The van der Waals surface area contributed by atoms with Gasteiger partial charge < -0.3 is 19.5 Å². The van der Waals surface area contributed by atoms with Gasteiger partial charge in [-0.3, -0.25) is 4.79 Å². The molecular formula is C23H27NO4. The van der Waals surface area contributed by atoms with Crippen LogP contribution in [0.25, 0.3) is 0 Å². The van der Waals surface area contributed by atoms with Gasteiger partial charge in [-0.1, -0.05) is 30.3 Å². The summed E-state index contributed by atoms with van der Waals surface area (Å²) >= 11 is 0. The molecule has 1 fully saturated rings. The Kier molecular flexibility index (Phi) is 5.38. The summed E-state index contributed by atoms with van der Waals surface area (Å²) in [5.41, 5.74) is 4.12. The molecule has 1 amide bonds. The average Bonchev–Trinajstić information content (AvgIpc) is 2.74. The van der Waals surface area contributed by atoms with Crippen molar-refractivity contribution in [1.29, 1.82) is 0 Å². The van der Waals surface area contributed by atoms with Crippen LogP contribution in [0.2, 0.25) is 0 Å². The molecule has 148 valence electrons. The highest BCUT2D eigenvalue weighted by Gasteiger charge is 2.41. The maximum absolute atomic E-state index is 12.7.